The number of rotatable bonds is 8. The number of aryl methyl sites for hydroxylation is 1. The first kappa shape index (κ1) is 32.1. The maximum atomic E-state index is 14.4. The van der Waals surface area contributed by atoms with Gasteiger partial charge in [-0.05, 0) is 75.0 Å². The molecule has 0 aromatic heterocycles. The first-order chi connectivity index (χ1) is 22.2. The summed E-state index contributed by atoms with van der Waals surface area (Å²) in [7, 11) is 3.15. The molecule has 3 aliphatic carbocycles. The summed E-state index contributed by atoms with van der Waals surface area (Å²) in [6.07, 6.45) is 3.27. The number of likely N-dealkylation sites (N-methyl/N-ethyl adjacent to an activating group) is 1. The molecule has 1 heterocycles. The first-order valence-corrected chi connectivity index (χ1v) is 15.7. The van der Waals surface area contributed by atoms with Crippen LogP contribution < -0.4 is 5.73 Å². The number of phenols is 1. The van der Waals surface area contributed by atoms with Crippen LogP contribution in [-0.4, -0.2) is 85.3 Å². The molecule has 0 fully saturated rings. The van der Waals surface area contributed by atoms with E-state index in [0.29, 0.717) is 12.0 Å². The molecule has 12 nitrogen and oxygen atoms in total. The summed E-state index contributed by atoms with van der Waals surface area (Å²) in [5.41, 5.74) is 3.32. The minimum Gasteiger partial charge on any atom is -0.510 e. The number of phenolic OH excluding ortho intramolecular Hbond substituents is 1. The molecule has 0 spiro atoms. The highest BCUT2D eigenvalue weighted by molar-refractivity contribution is 6.25. The monoisotopic (exact) mass is 643 g/mol. The Kier molecular flexibility index (Phi) is 7.84. The van der Waals surface area contributed by atoms with Crippen molar-refractivity contribution in [1.29, 1.82) is 0 Å². The van der Waals surface area contributed by atoms with Crippen molar-refractivity contribution in [3.05, 3.63) is 86.4 Å². The van der Waals surface area contributed by atoms with Crippen molar-refractivity contribution in [3.8, 4) is 5.75 Å². The fourth-order valence-corrected chi connectivity index (χ4v) is 7.92. The number of unbranched alkanes of at least 4 members (excludes halogenated alkanes) is 2. The fourth-order valence-electron chi connectivity index (χ4n) is 7.92. The van der Waals surface area contributed by atoms with Gasteiger partial charge in [0.05, 0.1) is 29.3 Å². The van der Waals surface area contributed by atoms with Crippen LogP contribution in [-0.2, 0) is 29.0 Å². The second-order valence-electron chi connectivity index (χ2n) is 13.1. The van der Waals surface area contributed by atoms with Gasteiger partial charge in [-0.25, -0.2) is 0 Å². The third-order valence-electron chi connectivity index (χ3n) is 10.2. The van der Waals surface area contributed by atoms with Gasteiger partial charge in [-0.15, -0.1) is 0 Å². The third-order valence-corrected chi connectivity index (χ3v) is 10.2. The van der Waals surface area contributed by atoms with Crippen molar-refractivity contribution >= 4 is 29.3 Å². The number of aliphatic hydroxyl groups excluding tert-OH is 2. The van der Waals surface area contributed by atoms with Gasteiger partial charge >= 0.3 is 0 Å². The van der Waals surface area contributed by atoms with E-state index in [4.69, 9.17) is 5.73 Å². The lowest BCUT2D eigenvalue weighted by Crippen LogP contribution is -2.63. The van der Waals surface area contributed by atoms with Gasteiger partial charge in [0.15, 0.2) is 11.4 Å². The third kappa shape index (κ3) is 4.61. The Balaban J connectivity index is 1.48. The summed E-state index contributed by atoms with van der Waals surface area (Å²) in [6, 6.07) is 7.02. The van der Waals surface area contributed by atoms with E-state index in [9.17, 15) is 44.4 Å². The minimum atomic E-state index is -2.75. The maximum Gasteiger partial charge on any atom is 0.261 e. The first-order valence-electron chi connectivity index (χ1n) is 15.7. The van der Waals surface area contributed by atoms with Gasteiger partial charge in [-0.2, -0.15) is 0 Å². The van der Waals surface area contributed by atoms with E-state index >= 15 is 0 Å². The minimum absolute atomic E-state index is 0.0162. The summed E-state index contributed by atoms with van der Waals surface area (Å²) in [4.78, 5) is 69.1. The number of benzene rings is 2. The number of carbonyl (C=O) groups excluding carboxylic acids is 5. The lowest BCUT2D eigenvalue weighted by atomic mass is 9.58. The molecule has 0 radical (unpaired) electrons. The molecular weight excluding hydrogens is 606 g/mol. The smallest absolute Gasteiger partial charge is 0.261 e. The van der Waals surface area contributed by atoms with Crippen LogP contribution in [0.4, 0.5) is 0 Å². The molecule has 0 saturated heterocycles. The molecule has 2 aromatic carbocycles. The van der Waals surface area contributed by atoms with Crippen LogP contribution in [0.1, 0.15) is 80.4 Å². The number of nitrogens with zero attached hydrogens (tertiary/aromatic N) is 2. The highest BCUT2D eigenvalue weighted by Gasteiger charge is 2.63. The van der Waals surface area contributed by atoms with E-state index < -0.39 is 75.6 Å². The Morgan fingerprint density at radius 2 is 1.66 bits per heavy atom. The number of aliphatic hydroxyl groups is 3. The second kappa shape index (κ2) is 11.5. The highest BCUT2D eigenvalue weighted by Crippen LogP contribution is 2.53. The lowest BCUT2D eigenvalue weighted by molar-refractivity contribution is -0.148. The van der Waals surface area contributed by atoms with Gasteiger partial charge in [-0.1, -0.05) is 31.9 Å². The topological polar surface area (TPSA) is 199 Å². The quantitative estimate of drug-likeness (QED) is 0.162. The number of hydrogen-bond donors (Lipinski definition) is 5. The van der Waals surface area contributed by atoms with Crippen molar-refractivity contribution in [3.63, 3.8) is 0 Å². The molecule has 0 unspecified atom stereocenters. The van der Waals surface area contributed by atoms with Gasteiger partial charge in [0.2, 0.25) is 5.78 Å². The zero-order valence-electron chi connectivity index (χ0n) is 26.4. The number of aromatic hydroxyl groups is 1. The maximum absolute atomic E-state index is 14.4. The Morgan fingerprint density at radius 3 is 2.23 bits per heavy atom. The summed E-state index contributed by atoms with van der Waals surface area (Å²) >= 11 is 0. The van der Waals surface area contributed by atoms with E-state index in [1.807, 2.05) is 6.92 Å². The molecule has 4 atom stereocenters. The average Bonchev–Trinajstić information content (AvgIpc) is 3.25. The van der Waals surface area contributed by atoms with Gasteiger partial charge in [0, 0.05) is 17.1 Å². The van der Waals surface area contributed by atoms with Crippen molar-refractivity contribution in [2.24, 2.45) is 17.6 Å². The molecule has 47 heavy (non-hydrogen) atoms. The van der Waals surface area contributed by atoms with Crippen molar-refractivity contribution in [1.82, 2.24) is 9.80 Å². The van der Waals surface area contributed by atoms with Crippen LogP contribution in [0.3, 0.4) is 0 Å². The number of imide groups is 1. The van der Waals surface area contributed by atoms with Crippen LogP contribution in [0.5, 0.6) is 5.75 Å². The number of ketones is 2. The molecule has 6 rings (SSSR count). The standard InChI is InChI=1S/C35H37N3O9/c1-4-5-6-9-16-12-18(15-38-33(45)19-10-7-8-11-20(19)34(38)46)27(39)24-21(16)13-17-14-22-26(37(2)3)29(41)25(32(36)44)31(43)35(22,47)30(42)23(17)28(24)40/h7-8,10-12,17,22,26,39,41-42,47H,4-6,9,13-15H2,1-3H3,(H2,36,44)/t17-,22-,26-,35-/m0/s1. The van der Waals surface area contributed by atoms with E-state index in [1.165, 1.54) is 4.90 Å². The Hall–Kier alpha value is -4.81. The Bertz CT molecular complexity index is 1810. The van der Waals surface area contributed by atoms with Crippen molar-refractivity contribution in [2.75, 3.05) is 14.1 Å². The number of Topliss-reactive ketones (excluding diaryl/α,β-unsaturated/α-hetero) is 2. The Morgan fingerprint density at radius 1 is 1.02 bits per heavy atom. The van der Waals surface area contributed by atoms with Gasteiger partial charge in [0.25, 0.3) is 17.7 Å². The summed E-state index contributed by atoms with van der Waals surface area (Å²) < 4.78 is 0. The van der Waals surface area contributed by atoms with E-state index in [0.717, 1.165) is 29.7 Å². The Labute approximate surface area is 270 Å². The molecular formula is C35H37N3O9. The highest BCUT2D eigenvalue weighted by atomic mass is 16.3. The molecule has 1 aliphatic heterocycles. The molecule has 12 heteroatoms. The molecule has 0 saturated carbocycles. The number of fused-ring (bicyclic) bond motifs is 4. The van der Waals surface area contributed by atoms with Gasteiger partial charge < -0.3 is 26.2 Å². The number of primary amides is 1. The molecule has 4 aliphatic rings. The van der Waals surface area contributed by atoms with Crippen LogP contribution in [0.2, 0.25) is 0 Å². The predicted molar refractivity (Wildman–Crippen MR) is 168 cm³/mol. The molecule has 6 N–H and O–H groups in total. The number of nitrogens with two attached hydrogens (primary N) is 1. The van der Waals surface area contributed by atoms with Crippen molar-refractivity contribution in [2.45, 2.75) is 63.6 Å². The van der Waals surface area contributed by atoms with Crippen LogP contribution >= 0.6 is 0 Å². The SMILES string of the molecule is CCCCCc1cc(CN2C(=O)c3ccccc3C2=O)c(O)c2c1C[C@H]1C[C@H]3[C@H](N(C)C)C(O)=C(C(N)=O)C(=O)[C@@]3(O)C(O)=C1C2=O. The van der Waals surface area contributed by atoms with Crippen LogP contribution in [0.25, 0.3) is 0 Å². The second-order valence-corrected chi connectivity index (χ2v) is 13.1. The molecule has 2 aromatic rings. The summed E-state index contributed by atoms with van der Waals surface area (Å²) in [5, 5.41) is 46.2. The molecule has 0 bridgehead atoms. The number of allylic oxidation sites excluding steroid dienone is 1. The number of amides is 3. The lowest BCUT2D eigenvalue weighted by Gasteiger charge is -2.50. The van der Waals surface area contributed by atoms with Crippen LogP contribution in [0, 0.1) is 11.8 Å². The zero-order chi connectivity index (χ0) is 34.1. The number of hydrogen-bond acceptors (Lipinski definition) is 10. The van der Waals surface area contributed by atoms with Gasteiger partial charge in [0.1, 0.15) is 22.8 Å². The van der Waals surface area contributed by atoms with Crippen molar-refractivity contribution < 1.29 is 44.4 Å². The van der Waals surface area contributed by atoms with E-state index in [-0.39, 0.29) is 47.2 Å². The average molecular weight is 644 g/mol. The summed E-state index contributed by atoms with van der Waals surface area (Å²) in [5.74, 6) is -8.35. The van der Waals surface area contributed by atoms with Gasteiger partial charge in [-0.3, -0.25) is 33.8 Å². The molecule has 246 valence electrons. The number of carbonyl (C=O) groups is 5. The zero-order valence-corrected chi connectivity index (χ0v) is 26.4. The predicted octanol–water partition coefficient (Wildman–Crippen LogP) is 2.65. The fraction of sp³-hybridized carbons (Fsp3) is 0.400. The van der Waals surface area contributed by atoms with Crippen LogP contribution in [0.15, 0.2) is 53.0 Å². The summed E-state index contributed by atoms with van der Waals surface area (Å²) in [6.45, 7) is 1.74. The van der Waals surface area contributed by atoms with E-state index in [1.54, 1.807) is 44.4 Å². The normalized spacial score (nSPS) is 25.3. The van der Waals surface area contributed by atoms with E-state index in [2.05, 4.69) is 0 Å². The largest absolute Gasteiger partial charge is 0.510 e. The molecule has 3 amide bonds.